The number of hydrogen-bond acceptors (Lipinski definition) is 2. The molecule has 4 aromatic rings. The van der Waals surface area contributed by atoms with E-state index in [0.717, 1.165) is 33.2 Å². The van der Waals surface area contributed by atoms with Crippen molar-refractivity contribution in [1.29, 1.82) is 0 Å². The molecule has 0 unspecified atom stereocenters. The third-order valence-electron chi connectivity index (χ3n) is 3.51. The van der Waals surface area contributed by atoms with E-state index in [0.29, 0.717) is 11.6 Å². The van der Waals surface area contributed by atoms with Crippen molar-refractivity contribution in [3.05, 3.63) is 66.3 Å². The molecule has 20 heavy (non-hydrogen) atoms. The minimum atomic E-state index is 0.454. The highest BCUT2D eigenvalue weighted by atomic mass is 16.3. The van der Waals surface area contributed by atoms with Gasteiger partial charge in [-0.15, -0.1) is 0 Å². The number of aromatic nitrogens is 1. The molecule has 4 rings (SSSR count). The Hall–Kier alpha value is -2.61. The SMILES string of the molecule is [2H]c1c(C)ccc2c1oc1c(-c3ccccn3)cccc12. The number of para-hydroxylation sites is 1. The van der Waals surface area contributed by atoms with Crippen molar-refractivity contribution in [2.45, 2.75) is 6.92 Å². The van der Waals surface area contributed by atoms with Crippen LogP contribution in [0.1, 0.15) is 6.93 Å². The van der Waals surface area contributed by atoms with Gasteiger partial charge in [0.15, 0.2) is 0 Å². The summed E-state index contributed by atoms with van der Waals surface area (Å²) in [4.78, 5) is 4.40. The molecule has 0 N–H and O–H groups in total. The zero-order valence-electron chi connectivity index (χ0n) is 12.1. The second-order valence-electron chi connectivity index (χ2n) is 4.88. The van der Waals surface area contributed by atoms with E-state index in [2.05, 4.69) is 4.98 Å². The zero-order valence-corrected chi connectivity index (χ0v) is 11.1. The third-order valence-corrected chi connectivity index (χ3v) is 3.51. The van der Waals surface area contributed by atoms with E-state index in [1.807, 2.05) is 55.5 Å². The van der Waals surface area contributed by atoms with Crippen LogP contribution < -0.4 is 0 Å². The molecular weight excluding hydrogens is 246 g/mol. The largest absolute Gasteiger partial charge is 0.455 e. The summed E-state index contributed by atoms with van der Waals surface area (Å²) in [6, 6.07) is 16.3. The standard InChI is InChI=1S/C18H13NO/c1-12-8-9-13-14-5-4-6-15(16-7-2-3-10-19-16)18(14)20-17(13)11-12/h2-11H,1H3/i11D. The van der Waals surface area contributed by atoms with E-state index in [4.69, 9.17) is 5.79 Å². The van der Waals surface area contributed by atoms with Crippen molar-refractivity contribution in [3.8, 4) is 11.3 Å². The number of aryl methyl sites for hydroxylation is 1. The van der Waals surface area contributed by atoms with E-state index < -0.39 is 0 Å². The highest BCUT2D eigenvalue weighted by Gasteiger charge is 2.12. The Morgan fingerprint density at radius 1 is 1.00 bits per heavy atom. The van der Waals surface area contributed by atoms with Crippen molar-refractivity contribution >= 4 is 21.9 Å². The Morgan fingerprint density at radius 3 is 2.80 bits per heavy atom. The summed E-state index contributed by atoms with van der Waals surface area (Å²) >= 11 is 0. The molecule has 2 aromatic heterocycles. The van der Waals surface area contributed by atoms with E-state index in [1.54, 1.807) is 6.20 Å². The van der Waals surface area contributed by atoms with Gasteiger partial charge in [0.05, 0.1) is 7.06 Å². The van der Waals surface area contributed by atoms with Crippen LogP contribution in [0.4, 0.5) is 0 Å². The Balaban J connectivity index is 2.13. The van der Waals surface area contributed by atoms with Gasteiger partial charge in [0.25, 0.3) is 0 Å². The quantitative estimate of drug-likeness (QED) is 0.483. The average Bonchev–Trinajstić information content (AvgIpc) is 2.91. The average molecular weight is 260 g/mol. The molecule has 0 aliphatic carbocycles. The fourth-order valence-electron chi connectivity index (χ4n) is 2.55. The summed E-state index contributed by atoms with van der Waals surface area (Å²) in [5.41, 5.74) is 4.20. The topological polar surface area (TPSA) is 26.0 Å². The monoisotopic (exact) mass is 260 g/mol. The predicted octanol–water partition coefficient (Wildman–Crippen LogP) is 4.96. The first-order valence-electron chi connectivity index (χ1n) is 7.08. The Labute approximate surface area is 118 Å². The third kappa shape index (κ3) is 1.62. The number of pyridine rings is 1. The smallest absolute Gasteiger partial charge is 0.144 e. The molecule has 0 aliphatic rings. The van der Waals surface area contributed by atoms with Crippen molar-refractivity contribution in [3.63, 3.8) is 0 Å². The van der Waals surface area contributed by atoms with Crippen LogP contribution in [-0.2, 0) is 0 Å². The molecule has 2 heterocycles. The van der Waals surface area contributed by atoms with Crippen LogP contribution >= 0.6 is 0 Å². The molecule has 2 nitrogen and oxygen atoms in total. The number of nitrogens with zero attached hydrogens (tertiary/aromatic N) is 1. The molecule has 0 fully saturated rings. The summed E-state index contributed by atoms with van der Waals surface area (Å²) < 4.78 is 14.2. The molecule has 0 amide bonds. The first-order chi connectivity index (χ1) is 10.3. The van der Waals surface area contributed by atoms with Crippen LogP contribution in [0.5, 0.6) is 0 Å². The first kappa shape index (κ1) is 10.2. The number of furan rings is 1. The Morgan fingerprint density at radius 2 is 1.95 bits per heavy atom. The summed E-state index contributed by atoms with van der Waals surface area (Å²) in [6.45, 7) is 1.93. The lowest BCUT2D eigenvalue weighted by molar-refractivity contribution is 0.669. The van der Waals surface area contributed by atoms with Gasteiger partial charge in [-0.25, -0.2) is 0 Å². The fraction of sp³-hybridized carbons (Fsp3) is 0.0556. The van der Waals surface area contributed by atoms with Gasteiger partial charge >= 0.3 is 0 Å². The molecule has 0 atom stereocenters. The molecule has 0 aliphatic heterocycles. The normalized spacial score (nSPS) is 11.9. The van der Waals surface area contributed by atoms with Crippen LogP contribution in [0.25, 0.3) is 33.2 Å². The predicted molar refractivity (Wildman–Crippen MR) is 81.7 cm³/mol. The maximum atomic E-state index is 8.19. The zero-order chi connectivity index (χ0) is 14.4. The molecular formula is C18H13NO. The lowest BCUT2D eigenvalue weighted by Gasteiger charge is -2.00. The summed E-state index contributed by atoms with van der Waals surface area (Å²) in [6.07, 6.45) is 1.77. The van der Waals surface area contributed by atoms with Gasteiger partial charge in [-0.3, -0.25) is 4.98 Å². The number of hydrogen-bond donors (Lipinski definition) is 0. The van der Waals surface area contributed by atoms with Crippen molar-refractivity contribution < 1.29 is 5.79 Å². The highest BCUT2D eigenvalue weighted by Crippen LogP contribution is 2.35. The van der Waals surface area contributed by atoms with Crippen LogP contribution in [0.2, 0.25) is 0 Å². The van der Waals surface area contributed by atoms with Crippen molar-refractivity contribution in [2.75, 3.05) is 0 Å². The van der Waals surface area contributed by atoms with Crippen molar-refractivity contribution in [2.24, 2.45) is 0 Å². The maximum absolute atomic E-state index is 8.19. The van der Waals surface area contributed by atoms with E-state index in [-0.39, 0.29) is 0 Å². The molecule has 96 valence electrons. The first-order valence-corrected chi connectivity index (χ1v) is 6.58. The Bertz CT molecular complexity index is 957. The molecule has 2 heteroatoms. The second kappa shape index (κ2) is 4.20. The van der Waals surface area contributed by atoms with Gasteiger partial charge in [0.2, 0.25) is 0 Å². The van der Waals surface area contributed by atoms with Crippen LogP contribution in [0, 0.1) is 6.92 Å². The molecule has 0 radical (unpaired) electrons. The van der Waals surface area contributed by atoms with E-state index >= 15 is 0 Å². The van der Waals surface area contributed by atoms with Crippen LogP contribution in [0.3, 0.4) is 0 Å². The summed E-state index contributed by atoms with van der Waals surface area (Å²) in [5.74, 6) is 0. The lowest BCUT2D eigenvalue weighted by atomic mass is 10.1. The van der Waals surface area contributed by atoms with E-state index in [1.165, 1.54) is 0 Å². The minimum absolute atomic E-state index is 0.454. The molecule has 2 aromatic carbocycles. The van der Waals surface area contributed by atoms with Gasteiger partial charge < -0.3 is 4.42 Å². The molecule has 0 saturated carbocycles. The molecule has 0 bridgehead atoms. The van der Waals surface area contributed by atoms with Gasteiger partial charge in [0.1, 0.15) is 11.2 Å². The molecule has 0 spiro atoms. The highest BCUT2D eigenvalue weighted by molar-refractivity contribution is 6.09. The van der Waals surface area contributed by atoms with Gasteiger partial charge in [0, 0.05) is 22.5 Å². The number of benzene rings is 2. The van der Waals surface area contributed by atoms with Crippen LogP contribution in [-0.4, -0.2) is 4.98 Å². The minimum Gasteiger partial charge on any atom is -0.455 e. The second-order valence-corrected chi connectivity index (χ2v) is 4.88. The van der Waals surface area contributed by atoms with Gasteiger partial charge in [-0.05, 0) is 36.7 Å². The molecule has 0 saturated heterocycles. The maximum Gasteiger partial charge on any atom is 0.144 e. The van der Waals surface area contributed by atoms with Gasteiger partial charge in [-0.2, -0.15) is 0 Å². The summed E-state index contributed by atoms with van der Waals surface area (Å²) in [5, 5.41) is 2.01. The van der Waals surface area contributed by atoms with Gasteiger partial charge in [-0.1, -0.05) is 30.3 Å². The number of fused-ring (bicyclic) bond motifs is 3. The number of rotatable bonds is 1. The van der Waals surface area contributed by atoms with E-state index in [9.17, 15) is 0 Å². The van der Waals surface area contributed by atoms with Crippen LogP contribution in [0.15, 0.2) is 65.2 Å². The fourth-order valence-corrected chi connectivity index (χ4v) is 2.55. The summed E-state index contributed by atoms with van der Waals surface area (Å²) in [7, 11) is 0. The lowest BCUT2D eigenvalue weighted by Crippen LogP contribution is -1.81. The van der Waals surface area contributed by atoms with Crippen molar-refractivity contribution in [1.82, 2.24) is 4.98 Å². The Kier molecular flexibility index (Phi) is 2.15.